The Kier molecular flexibility index (Phi) is 4.68. The van der Waals surface area contributed by atoms with Crippen molar-refractivity contribution in [3.63, 3.8) is 0 Å². The SMILES string of the molecule is Cc1cc(-c2[nH]nc3ncc(C(=O)/C=C/[C@H]4C[C@H]4c4ccccc4Cl)cc23)ccn1. The van der Waals surface area contributed by atoms with Gasteiger partial charge in [0.1, 0.15) is 0 Å². The molecular weight excluding hydrogens is 396 g/mol. The Balaban J connectivity index is 1.37. The molecule has 0 amide bonds. The number of pyridine rings is 2. The molecule has 6 heteroatoms. The summed E-state index contributed by atoms with van der Waals surface area (Å²) in [6, 6.07) is 13.6. The van der Waals surface area contributed by atoms with E-state index in [1.807, 2.05) is 49.4 Å². The van der Waals surface area contributed by atoms with E-state index < -0.39 is 0 Å². The zero-order valence-corrected chi connectivity index (χ0v) is 17.1. The van der Waals surface area contributed by atoms with E-state index in [1.165, 1.54) is 0 Å². The highest BCUT2D eigenvalue weighted by molar-refractivity contribution is 6.31. The van der Waals surface area contributed by atoms with Crippen molar-refractivity contribution in [3.05, 3.63) is 88.9 Å². The lowest BCUT2D eigenvalue weighted by Gasteiger charge is -2.01. The van der Waals surface area contributed by atoms with Crippen LogP contribution in [0.4, 0.5) is 0 Å². The Bertz CT molecular complexity index is 1290. The van der Waals surface area contributed by atoms with Crippen molar-refractivity contribution in [1.29, 1.82) is 0 Å². The first-order valence-corrected chi connectivity index (χ1v) is 10.2. The maximum atomic E-state index is 12.8. The van der Waals surface area contributed by atoms with Crippen LogP contribution in [0.1, 0.15) is 34.0 Å². The van der Waals surface area contributed by atoms with Crippen molar-refractivity contribution >= 4 is 28.4 Å². The van der Waals surface area contributed by atoms with Crippen LogP contribution in [0.25, 0.3) is 22.3 Å². The lowest BCUT2D eigenvalue weighted by Crippen LogP contribution is -1.96. The number of aryl methyl sites for hydroxylation is 1. The van der Waals surface area contributed by atoms with Gasteiger partial charge in [0.25, 0.3) is 0 Å². The van der Waals surface area contributed by atoms with Crippen molar-refractivity contribution in [2.75, 3.05) is 0 Å². The average Bonchev–Trinajstić information content (AvgIpc) is 3.40. The highest BCUT2D eigenvalue weighted by Crippen LogP contribution is 2.50. The Hall–Kier alpha value is -3.31. The largest absolute Gasteiger partial charge is 0.289 e. The van der Waals surface area contributed by atoms with Gasteiger partial charge in [-0.3, -0.25) is 14.9 Å². The summed E-state index contributed by atoms with van der Waals surface area (Å²) in [7, 11) is 0. The van der Waals surface area contributed by atoms with E-state index in [9.17, 15) is 4.79 Å². The molecule has 4 aromatic rings. The Morgan fingerprint density at radius 2 is 2.07 bits per heavy atom. The lowest BCUT2D eigenvalue weighted by atomic mass is 10.1. The summed E-state index contributed by atoms with van der Waals surface area (Å²) in [4.78, 5) is 21.4. The van der Waals surface area contributed by atoms with Crippen molar-refractivity contribution in [1.82, 2.24) is 20.2 Å². The van der Waals surface area contributed by atoms with Gasteiger partial charge in [-0.25, -0.2) is 4.98 Å². The maximum absolute atomic E-state index is 12.8. The molecule has 1 N–H and O–H groups in total. The quantitative estimate of drug-likeness (QED) is 0.344. The van der Waals surface area contributed by atoms with Gasteiger partial charge in [-0.2, -0.15) is 5.10 Å². The van der Waals surface area contributed by atoms with Crippen LogP contribution in [0, 0.1) is 12.8 Å². The van der Waals surface area contributed by atoms with Crippen molar-refractivity contribution in [2.45, 2.75) is 19.3 Å². The third-order valence-electron chi connectivity index (χ3n) is 5.52. The van der Waals surface area contributed by atoms with Crippen LogP contribution in [-0.2, 0) is 0 Å². The molecule has 2 atom stereocenters. The number of aromatic nitrogens is 4. The first-order chi connectivity index (χ1) is 14.6. The molecule has 0 unspecified atom stereocenters. The minimum Gasteiger partial charge on any atom is -0.289 e. The van der Waals surface area contributed by atoms with E-state index in [0.717, 1.165) is 39.3 Å². The fraction of sp³-hybridized carbons (Fsp3) is 0.167. The molecule has 1 aliphatic rings. The number of hydrogen-bond acceptors (Lipinski definition) is 4. The molecule has 1 saturated carbocycles. The predicted octanol–water partition coefficient (Wildman–Crippen LogP) is 5.52. The van der Waals surface area contributed by atoms with Crippen LogP contribution < -0.4 is 0 Å². The first kappa shape index (κ1) is 18.7. The average molecular weight is 415 g/mol. The number of halogens is 1. The lowest BCUT2D eigenvalue weighted by molar-refractivity contribution is 0.104. The molecular formula is C24H19ClN4O. The topological polar surface area (TPSA) is 71.5 Å². The van der Waals surface area contributed by atoms with E-state index >= 15 is 0 Å². The van der Waals surface area contributed by atoms with Crippen LogP contribution in [0.2, 0.25) is 5.02 Å². The number of hydrogen-bond donors (Lipinski definition) is 1. The fourth-order valence-corrected chi connectivity index (χ4v) is 4.10. The van der Waals surface area contributed by atoms with Crippen molar-refractivity contribution < 1.29 is 4.79 Å². The number of benzene rings is 1. The normalized spacial score (nSPS) is 18.2. The number of nitrogens with zero attached hydrogens (tertiary/aromatic N) is 3. The number of fused-ring (bicyclic) bond motifs is 1. The second-order valence-electron chi connectivity index (χ2n) is 7.63. The van der Waals surface area contributed by atoms with Crippen LogP contribution in [-0.4, -0.2) is 25.9 Å². The van der Waals surface area contributed by atoms with E-state index in [2.05, 4.69) is 26.2 Å². The molecule has 3 aromatic heterocycles. The molecule has 5 nitrogen and oxygen atoms in total. The van der Waals surface area contributed by atoms with Gasteiger partial charge in [0.15, 0.2) is 11.4 Å². The summed E-state index contributed by atoms with van der Waals surface area (Å²) in [5.74, 6) is 0.667. The van der Waals surface area contributed by atoms with Crippen LogP contribution in [0.3, 0.4) is 0 Å². The first-order valence-electron chi connectivity index (χ1n) is 9.84. The smallest absolute Gasteiger partial charge is 0.187 e. The standard InChI is InChI=1S/C24H19ClN4O/c1-14-10-16(8-9-26-14)23-20-12-17(13-27-24(20)29-28-23)22(30)7-6-15-11-19(15)18-4-2-3-5-21(18)25/h2-10,12-13,15,19H,11H2,1H3,(H,27,28,29)/b7-6+/t15-,19+/m0/s1. The zero-order chi connectivity index (χ0) is 20.7. The van der Waals surface area contributed by atoms with Gasteiger partial charge in [0.05, 0.1) is 5.69 Å². The monoisotopic (exact) mass is 414 g/mol. The summed E-state index contributed by atoms with van der Waals surface area (Å²) >= 11 is 6.29. The number of nitrogens with one attached hydrogen (secondary N) is 1. The predicted molar refractivity (Wildman–Crippen MR) is 118 cm³/mol. The molecule has 0 bridgehead atoms. The van der Waals surface area contributed by atoms with Gasteiger partial charge >= 0.3 is 0 Å². The molecule has 0 saturated heterocycles. The molecule has 30 heavy (non-hydrogen) atoms. The molecule has 1 aliphatic carbocycles. The number of rotatable bonds is 5. The van der Waals surface area contributed by atoms with E-state index in [0.29, 0.717) is 23.0 Å². The zero-order valence-electron chi connectivity index (χ0n) is 16.3. The fourth-order valence-electron chi connectivity index (χ4n) is 3.82. The van der Waals surface area contributed by atoms with Crippen LogP contribution in [0.15, 0.2) is 67.0 Å². The summed E-state index contributed by atoms with van der Waals surface area (Å²) in [5.41, 5.74) is 4.99. The van der Waals surface area contributed by atoms with Gasteiger partial charge in [-0.05, 0) is 61.1 Å². The van der Waals surface area contributed by atoms with Gasteiger partial charge in [-0.15, -0.1) is 0 Å². The number of ketones is 1. The second-order valence-corrected chi connectivity index (χ2v) is 8.04. The summed E-state index contributed by atoms with van der Waals surface area (Å²) in [6.07, 6.45) is 7.99. The molecule has 1 aromatic carbocycles. The molecule has 0 aliphatic heterocycles. The van der Waals surface area contributed by atoms with Gasteiger partial charge < -0.3 is 0 Å². The van der Waals surface area contributed by atoms with Crippen molar-refractivity contribution in [3.8, 4) is 11.3 Å². The number of aromatic amines is 1. The number of allylic oxidation sites excluding steroid dienone is 2. The molecule has 148 valence electrons. The van der Waals surface area contributed by atoms with Gasteiger partial charge in [-0.1, -0.05) is 35.9 Å². The highest BCUT2D eigenvalue weighted by atomic mass is 35.5. The van der Waals surface area contributed by atoms with E-state index in [1.54, 1.807) is 18.5 Å². The number of H-pyrrole nitrogens is 1. The summed E-state index contributed by atoms with van der Waals surface area (Å²) < 4.78 is 0. The molecule has 0 radical (unpaired) electrons. The Morgan fingerprint density at radius 3 is 2.90 bits per heavy atom. The minimum atomic E-state index is -0.0627. The minimum absolute atomic E-state index is 0.0627. The Labute approximate surface area is 178 Å². The number of carbonyl (C=O) groups is 1. The summed E-state index contributed by atoms with van der Waals surface area (Å²) in [5, 5.41) is 8.90. The Morgan fingerprint density at radius 1 is 1.20 bits per heavy atom. The van der Waals surface area contributed by atoms with Crippen LogP contribution in [0.5, 0.6) is 0 Å². The molecule has 3 heterocycles. The van der Waals surface area contributed by atoms with E-state index in [-0.39, 0.29) is 5.78 Å². The third kappa shape index (κ3) is 3.53. The van der Waals surface area contributed by atoms with Crippen LogP contribution >= 0.6 is 11.6 Å². The second kappa shape index (κ2) is 7.50. The third-order valence-corrected chi connectivity index (χ3v) is 5.86. The van der Waals surface area contributed by atoms with E-state index in [4.69, 9.17) is 11.6 Å². The molecule has 1 fully saturated rings. The molecule has 0 spiro atoms. The summed E-state index contributed by atoms with van der Waals surface area (Å²) in [6.45, 7) is 1.94. The van der Waals surface area contributed by atoms with Gasteiger partial charge in [0.2, 0.25) is 0 Å². The highest BCUT2D eigenvalue weighted by Gasteiger charge is 2.37. The van der Waals surface area contributed by atoms with Crippen molar-refractivity contribution in [2.24, 2.45) is 5.92 Å². The number of carbonyl (C=O) groups excluding carboxylic acids is 1. The maximum Gasteiger partial charge on any atom is 0.187 e. The molecule has 5 rings (SSSR count). The van der Waals surface area contributed by atoms with Gasteiger partial charge in [0, 0.05) is 39.6 Å².